The molecule has 0 saturated heterocycles. The number of primary amides is 1. The summed E-state index contributed by atoms with van der Waals surface area (Å²) in [6, 6.07) is 6.15. The Balaban J connectivity index is 2.39. The molecule has 18 heavy (non-hydrogen) atoms. The van der Waals surface area contributed by atoms with Crippen molar-refractivity contribution < 1.29 is 14.1 Å². The Bertz CT molecular complexity index is 613. The summed E-state index contributed by atoms with van der Waals surface area (Å²) in [6.45, 7) is 0. The van der Waals surface area contributed by atoms with Crippen LogP contribution in [0.25, 0.3) is 11.6 Å². The normalized spacial score (nSPS) is 11.4. The standard InChI is InChI=1S/C11H8N2O4S/c12-11(14)8(9-2-1-5-17-9)6-7-3-4-10(18-7)13(15)16/h1-6H,(H2,12,14). The Labute approximate surface area is 105 Å². The molecule has 2 aromatic heterocycles. The molecule has 0 aromatic carbocycles. The van der Waals surface area contributed by atoms with Gasteiger partial charge in [-0.05, 0) is 24.3 Å². The molecule has 2 rings (SSSR count). The van der Waals surface area contributed by atoms with Crippen LogP contribution in [0.3, 0.4) is 0 Å². The van der Waals surface area contributed by atoms with Crippen LogP contribution in [0.5, 0.6) is 0 Å². The van der Waals surface area contributed by atoms with E-state index in [1.165, 1.54) is 18.4 Å². The third-order valence-electron chi connectivity index (χ3n) is 2.13. The van der Waals surface area contributed by atoms with Crippen LogP contribution in [0.4, 0.5) is 5.00 Å². The zero-order valence-electron chi connectivity index (χ0n) is 9.03. The van der Waals surface area contributed by atoms with E-state index in [0.29, 0.717) is 10.6 Å². The molecule has 92 valence electrons. The van der Waals surface area contributed by atoms with Crippen molar-refractivity contribution in [2.45, 2.75) is 0 Å². The third kappa shape index (κ3) is 2.46. The predicted molar refractivity (Wildman–Crippen MR) is 66.7 cm³/mol. The quantitative estimate of drug-likeness (QED) is 0.520. The number of carbonyl (C=O) groups excluding carboxylic acids is 1. The minimum atomic E-state index is -0.652. The first-order chi connectivity index (χ1) is 8.58. The molecule has 0 aliphatic heterocycles. The maximum atomic E-state index is 11.3. The molecular weight excluding hydrogens is 256 g/mol. The van der Waals surface area contributed by atoms with Crippen LogP contribution in [0, 0.1) is 10.1 Å². The number of furan rings is 1. The summed E-state index contributed by atoms with van der Waals surface area (Å²) in [4.78, 5) is 21.9. The number of rotatable bonds is 4. The molecule has 0 saturated carbocycles. The highest BCUT2D eigenvalue weighted by Crippen LogP contribution is 2.28. The van der Waals surface area contributed by atoms with Gasteiger partial charge in [-0.3, -0.25) is 14.9 Å². The van der Waals surface area contributed by atoms with Crippen LogP contribution < -0.4 is 5.73 Å². The van der Waals surface area contributed by atoms with Crippen LogP contribution in [0.15, 0.2) is 34.9 Å². The van der Waals surface area contributed by atoms with Crippen LogP contribution in [0.2, 0.25) is 0 Å². The lowest BCUT2D eigenvalue weighted by Crippen LogP contribution is -2.12. The molecule has 6 nitrogen and oxygen atoms in total. The van der Waals surface area contributed by atoms with E-state index in [0.717, 1.165) is 11.3 Å². The average Bonchev–Trinajstić information content (AvgIpc) is 2.96. The molecule has 7 heteroatoms. The highest BCUT2D eigenvalue weighted by Gasteiger charge is 2.14. The van der Waals surface area contributed by atoms with Crippen molar-refractivity contribution in [3.05, 3.63) is 51.3 Å². The second kappa shape index (κ2) is 4.84. The van der Waals surface area contributed by atoms with Crippen LogP contribution in [-0.4, -0.2) is 10.8 Å². The zero-order valence-corrected chi connectivity index (χ0v) is 9.85. The van der Waals surface area contributed by atoms with Gasteiger partial charge >= 0.3 is 5.00 Å². The van der Waals surface area contributed by atoms with Crippen molar-refractivity contribution >= 4 is 33.9 Å². The molecule has 0 aliphatic carbocycles. The Kier molecular flexibility index (Phi) is 3.24. The van der Waals surface area contributed by atoms with E-state index in [-0.39, 0.29) is 10.6 Å². The molecule has 1 amide bonds. The topological polar surface area (TPSA) is 99.4 Å². The van der Waals surface area contributed by atoms with Crippen LogP contribution in [0.1, 0.15) is 10.6 Å². The summed E-state index contributed by atoms with van der Waals surface area (Å²) in [5.74, 6) is -0.320. The number of thiophene rings is 1. The predicted octanol–water partition coefficient (Wildman–Crippen LogP) is 2.28. The van der Waals surface area contributed by atoms with Crippen LogP contribution in [-0.2, 0) is 4.79 Å². The first kappa shape index (κ1) is 12.1. The maximum absolute atomic E-state index is 11.3. The molecule has 0 bridgehead atoms. The first-order valence-corrected chi connectivity index (χ1v) is 5.69. The van der Waals surface area contributed by atoms with Gasteiger partial charge < -0.3 is 10.2 Å². The number of nitro groups is 1. The Morgan fingerprint density at radius 1 is 1.44 bits per heavy atom. The van der Waals surface area contributed by atoms with E-state index in [1.807, 2.05) is 0 Å². The summed E-state index contributed by atoms with van der Waals surface area (Å²) in [6.07, 6.45) is 2.89. The monoisotopic (exact) mass is 264 g/mol. The second-order valence-corrected chi connectivity index (χ2v) is 4.43. The summed E-state index contributed by atoms with van der Waals surface area (Å²) >= 11 is 0.959. The lowest BCUT2D eigenvalue weighted by molar-refractivity contribution is -0.380. The fraction of sp³-hybridized carbons (Fsp3) is 0. The van der Waals surface area contributed by atoms with Gasteiger partial charge in [-0.2, -0.15) is 0 Å². The number of nitrogens with zero attached hydrogens (tertiary/aromatic N) is 1. The van der Waals surface area contributed by atoms with Gasteiger partial charge in [0, 0.05) is 10.9 Å². The largest absolute Gasteiger partial charge is 0.464 e. The molecule has 2 aromatic rings. The van der Waals surface area contributed by atoms with Gasteiger partial charge in [-0.1, -0.05) is 11.3 Å². The molecule has 0 fully saturated rings. The molecule has 2 heterocycles. The molecule has 0 aliphatic rings. The van der Waals surface area contributed by atoms with Gasteiger partial charge in [0.25, 0.3) is 5.91 Å². The highest BCUT2D eigenvalue weighted by atomic mass is 32.1. The van der Waals surface area contributed by atoms with E-state index in [4.69, 9.17) is 10.2 Å². The van der Waals surface area contributed by atoms with Gasteiger partial charge in [-0.25, -0.2) is 0 Å². The van der Waals surface area contributed by atoms with Gasteiger partial charge in [0.2, 0.25) is 0 Å². The van der Waals surface area contributed by atoms with E-state index >= 15 is 0 Å². The Morgan fingerprint density at radius 3 is 2.72 bits per heavy atom. The Morgan fingerprint density at radius 2 is 2.22 bits per heavy atom. The van der Waals surface area contributed by atoms with Gasteiger partial charge in [-0.15, -0.1) is 0 Å². The van der Waals surface area contributed by atoms with E-state index in [9.17, 15) is 14.9 Å². The summed E-state index contributed by atoms with van der Waals surface area (Å²) in [5.41, 5.74) is 5.42. The van der Waals surface area contributed by atoms with Crippen LogP contribution >= 0.6 is 11.3 Å². The van der Waals surface area contributed by atoms with Crippen molar-refractivity contribution in [3.8, 4) is 0 Å². The van der Waals surface area contributed by atoms with E-state index < -0.39 is 10.8 Å². The van der Waals surface area contributed by atoms with Crippen molar-refractivity contribution in [1.29, 1.82) is 0 Å². The number of carbonyl (C=O) groups is 1. The maximum Gasteiger partial charge on any atom is 0.324 e. The molecular formula is C11H8N2O4S. The van der Waals surface area contributed by atoms with Crippen molar-refractivity contribution in [1.82, 2.24) is 0 Å². The number of nitrogens with two attached hydrogens (primary N) is 1. The minimum absolute atomic E-state index is 0.00418. The zero-order chi connectivity index (χ0) is 13.1. The molecule has 2 N–H and O–H groups in total. The Hall–Kier alpha value is -2.41. The second-order valence-electron chi connectivity index (χ2n) is 3.33. The smallest absolute Gasteiger partial charge is 0.324 e. The first-order valence-electron chi connectivity index (χ1n) is 4.87. The molecule has 0 unspecified atom stereocenters. The number of hydrogen-bond donors (Lipinski definition) is 1. The van der Waals surface area contributed by atoms with Gasteiger partial charge in [0.1, 0.15) is 5.76 Å². The molecule has 0 radical (unpaired) electrons. The summed E-state index contributed by atoms with van der Waals surface area (Å²) < 4.78 is 5.09. The average molecular weight is 264 g/mol. The third-order valence-corrected chi connectivity index (χ3v) is 3.12. The minimum Gasteiger partial charge on any atom is -0.464 e. The summed E-state index contributed by atoms with van der Waals surface area (Å²) in [7, 11) is 0. The molecule has 0 spiro atoms. The SMILES string of the molecule is NC(=O)C(=Cc1ccc([N+](=O)[O-])s1)c1ccco1. The lowest BCUT2D eigenvalue weighted by atomic mass is 10.1. The fourth-order valence-electron chi connectivity index (χ4n) is 1.36. The lowest BCUT2D eigenvalue weighted by Gasteiger charge is -1.97. The van der Waals surface area contributed by atoms with E-state index in [2.05, 4.69) is 0 Å². The van der Waals surface area contributed by atoms with Crippen molar-refractivity contribution in [2.75, 3.05) is 0 Å². The van der Waals surface area contributed by atoms with E-state index in [1.54, 1.807) is 18.2 Å². The van der Waals surface area contributed by atoms with Crippen molar-refractivity contribution in [2.24, 2.45) is 5.73 Å². The number of amides is 1. The number of hydrogen-bond acceptors (Lipinski definition) is 5. The summed E-state index contributed by atoms with van der Waals surface area (Å²) in [5, 5.41) is 10.6. The molecule has 0 atom stereocenters. The van der Waals surface area contributed by atoms with Gasteiger partial charge in [0.05, 0.1) is 16.8 Å². The van der Waals surface area contributed by atoms with Crippen molar-refractivity contribution in [3.63, 3.8) is 0 Å². The van der Waals surface area contributed by atoms with Gasteiger partial charge in [0.15, 0.2) is 0 Å². The highest BCUT2D eigenvalue weighted by molar-refractivity contribution is 7.16. The fourth-order valence-corrected chi connectivity index (χ4v) is 2.12.